The minimum atomic E-state index is 0. The number of rotatable bonds is 5. The van der Waals surface area contributed by atoms with Crippen molar-refractivity contribution < 1.29 is 12.4 Å². The highest BCUT2D eigenvalue weighted by Gasteiger charge is 2.13. The standard InChI is InChI=1S/C21H28N3S.ClH/c1-6-23(7-2)16-10-11-18-19(13-16)25-20-14-17(24(8-3)9-4)12-15(5)21(20)22-18;/h10-14H,6-9H2,1-5H3;1H/q+1;/p-1. The highest BCUT2D eigenvalue weighted by atomic mass is 35.5. The Labute approximate surface area is 166 Å². The summed E-state index contributed by atoms with van der Waals surface area (Å²) >= 11 is 1.85. The average molecular weight is 390 g/mol. The summed E-state index contributed by atoms with van der Waals surface area (Å²) in [6.07, 6.45) is 0. The van der Waals surface area contributed by atoms with E-state index in [0.29, 0.717) is 0 Å². The molecule has 0 radical (unpaired) electrons. The van der Waals surface area contributed by atoms with Gasteiger partial charge in [-0.05, 0) is 58.4 Å². The molecule has 0 spiro atoms. The van der Waals surface area contributed by atoms with Gasteiger partial charge in [0.1, 0.15) is 13.1 Å². The lowest BCUT2D eigenvalue weighted by Crippen LogP contribution is -3.00. The van der Waals surface area contributed by atoms with E-state index >= 15 is 0 Å². The predicted octanol–water partition coefficient (Wildman–Crippen LogP) is 1.37. The summed E-state index contributed by atoms with van der Waals surface area (Å²) < 4.78 is 3.65. The third-order valence-corrected chi connectivity index (χ3v) is 5.98. The number of fused-ring (bicyclic) bond motifs is 2. The number of halogens is 1. The van der Waals surface area contributed by atoms with E-state index in [9.17, 15) is 0 Å². The average Bonchev–Trinajstić information content (AvgIpc) is 2.62. The van der Waals surface area contributed by atoms with Gasteiger partial charge in [0.25, 0.3) is 0 Å². The van der Waals surface area contributed by atoms with Gasteiger partial charge < -0.3 is 17.3 Å². The van der Waals surface area contributed by atoms with Crippen LogP contribution in [-0.2, 0) is 0 Å². The minimum absolute atomic E-state index is 0. The molecule has 0 atom stereocenters. The molecular weight excluding hydrogens is 362 g/mol. The van der Waals surface area contributed by atoms with Gasteiger partial charge in [-0.2, -0.15) is 0 Å². The van der Waals surface area contributed by atoms with E-state index < -0.39 is 0 Å². The first kappa shape index (κ1) is 20.7. The molecule has 2 aliphatic rings. The summed E-state index contributed by atoms with van der Waals surface area (Å²) in [5, 5.41) is 1.28. The molecule has 3 nitrogen and oxygen atoms in total. The molecule has 0 unspecified atom stereocenters. The van der Waals surface area contributed by atoms with Crippen molar-refractivity contribution in [2.24, 2.45) is 0 Å². The molecular formula is C21H28ClN3S. The maximum atomic E-state index is 4.95. The van der Waals surface area contributed by atoms with Crippen molar-refractivity contribution in [3.05, 3.63) is 41.3 Å². The van der Waals surface area contributed by atoms with Gasteiger partial charge in [-0.15, -0.1) is 11.3 Å². The fourth-order valence-electron chi connectivity index (χ4n) is 3.42. The lowest BCUT2D eigenvalue weighted by molar-refractivity contribution is -0.00000528. The Kier molecular flexibility index (Phi) is 7.01. The number of hydrogen-bond donors (Lipinski definition) is 0. The van der Waals surface area contributed by atoms with Crippen LogP contribution < -0.4 is 27.2 Å². The number of nitrogens with zero attached hydrogens (tertiary/aromatic N) is 3. The maximum Gasteiger partial charge on any atom is 0.201 e. The van der Waals surface area contributed by atoms with Crippen molar-refractivity contribution >= 4 is 27.2 Å². The molecule has 26 heavy (non-hydrogen) atoms. The smallest absolute Gasteiger partial charge is 0.201 e. The van der Waals surface area contributed by atoms with E-state index in [0.717, 1.165) is 37.4 Å². The van der Waals surface area contributed by atoms with Crippen LogP contribution in [0.1, 0.15) is 33.3 Å². The minimum Gasteiger partial charge on any atom is -1.00 e. The Morgan fingerprint density at radius 2 is 1.69 bits per heavy atom. The van der Waals surface area contributed by atoms with Gasteiger partial charge in [-0.1, -0.05) is 0 Å². The zero-order valence-corrected chi connectivity index (χ0v) is 17.9. The van der Waals surface area contributed by atoms with Gasteiger partial charge in [-0.3, -0.25) is 0 Å². The van der Waals surface area contributed by atoms with Crippen LogP contribution in [0.5, 0.6) is 0 Å². The molecule has 1 aliphatic carbocycles. The van der Waals surface area contributed by atoms with Gasteiger partial charge in [0.2, 0.25) is 5.36 Å². The van der Waals surface area contributed by atoms with Crippen LogP contribution in [0.25, 0.3) is 20.8 Å². The van der Waals surface area contributed by atoms with Gasteiger partial charge in [0, 0.05) is 30.9 Å². The molecule has 0 fully saturated rings. The molecule has 1 aliphatic heterocycles. The van der Waals surface area contributed by atoms with Gasteiger partial charge >= 0.3 is 0 Å². The van der Waals surface area contributed by atoms with Crippen LogP contribution in [-0.4, -0.2) is 31.2 Å². The van der Waals surface area contributed by atoms with Crippen molar-refractivity contribution in [1.29, 1.82) is 0 Å². The zero-order chi connectivity index (χ0) is 18.0. The van der Waals surface area contributed by atoms with Crippen LogP contribution in [0.2, 0.25) is 0 Å². The van der Waals surface area contributed by atoms with E-state index in [1.54, 1.807) is 0 Å². The van der Waals surface area contributed by atoms with Crippen LogP contribution in [0.4, 0.5) is 5.69 Å². The van der Waals surface area contributed by atoms with E-state index in [2.05, 4.69) is 74.4 Å². The number of hydrogen-bond acceptors (Lipinski definition) is 3. The first-order chi connectivity index (χ1) is 12.1. The van der Waals surface area contributed by atoms with E-state index in [-0.39, 0.29) is 12.4 Å². The van der Waals surface area contributed by atoms with Crippen LogP contribution in [0.3, 0.4) is 0 Å². The SMILES string of the molecule is CCN(CC)c1cc(C)c2nc3ccc(=[N+](CC)CC)cc-3sc2c1.[Cl-]. The third kappa shape index (κ3) is 3.86. The van der Waals surface area contributed by atoms with Crippen molar-refractivity contribution in [2.45, 2.75) is 34.6 Å². The van der Waals surface area contributed by atoms with Crippen LogP contribution in [0.15, 0.2) is 30.3 Å². The number of anilines is 1. The predicted molar refractivity (Wildman–Crippen MR) is 111 cm³/mol. The molecule has 0 aromatic heterocycles. The molecule has 3 rings (SSSR count). The Morgan fingerprint density at radius 1 is 1.00 bits per heavy atom. The number of aryl methyl sites for hydroxylation is 1. The molecule has 1 aromatic rings. The second-order valence-corrected chi connectivity index (χ2v) is 7.40. The van der Waals surface area contributed by atoms with Gasteiger partial charge in [0.05, 0.1) is 20.8 Å². The van der Waals surface area contributed by atoms with Crippen molar-refractivity contribution in [2.75, 3.05) is 31.1 Å². The number of aromatic nitrogens is 1. The van der Waals surface area contributed by atoms with Crippen LogP contribution >= 0.6 is 11.3 Å². The highest BCUT2D eigenvalue weighted by Crippen LogP contribution is 2.33. The quantitative estimate of drug-likeness (QED) is 0.485. The van der Waals surface area contributed by atoms with E-state index in [4.69, 9.17) is 4.98 Å². The Bertz CT molecular complexity index is 922. The zero-order valence-electron chi connectivity index (χ0n) is 16.3. The summed E-state index contributed by atoms with van der Waals surface area (Å²) in [6, 6.07) is 11.2. The molecule has 1 heterocycles. The fraction of sp³-hybridized carbons (Fsp3) is 0.429. The highest BCUT2D eigenvalue weighted by molar-refractivity contribution is 7.21. The first-order valence-electron chi connectivity index (χ1n) is 9.29. The second kappa shape index (κ2) is 8.83. The maximum absolute atomic E-state index is 4.95. The Balaban J connectivity index is 0.00000243. The molecule has 140 valence electrons. The molecule has 0 N–H and O–H groups in total. The fourth-order valence-corrected chi connectivity index (χ4v) is 4.54. The lowest BCUT2D eigenvalue weighted by atomic mass is 10.1. The molecule has 0 saturated carbocycles. The van der Waals surface area contributed by atoms with Gasteiger partial charge in [-0.25, -0.2) is 9.56 Å². The normalized spacial score (nSPS) is 10.8. The molecule has 0 amide bonds. The molecule has 0 bridgehead atoms. The Hall–Kier alpha value is -1.65. The monoisotopic (exact) mass is 389 g/mol. The largest absolute Gasteiger partial charge is 1.00 e. The van der Waals surface area contributed by atoms with E-state index in [1.165, 1.54) is 26.2 Å². The van der Waals surface area contributed by atoms with Crippen molar-refractivity contribution in [3.8, 4) is 10.6 Å². The molecule has 1 aromatic carbocycles. The first-order valence-corrected chi connectivity index (χ1v) is 10.1. The topological polar surface area (TPSA) is 19.1 Å². The summed E-state index contributed by atoms with van der Waals surface area (Å²) in [6.45, 7) is 15.1. The van der Waals surface area contributed by atoms with E-state index in [1.807, 2.05) is 11.3 Å². The summed E-state index contributed by atoms with van der Waals surface area (Å²) in [4.78, 5) is 8.61. The molecule has 0 saturated heterocycles. The van der Waals surface area contributed by atoms with Crippen LogP contribution in [0, 0.1) is 6.92 Å². The van der Waals surface area contributed by atoms with Crippen molar-refractivity contribution in [3.63, 3.8) is 0 Å². The Morgan fingerprint density at radius 3 is 2.31 bits per heavy atom. The van der Waals surface area contributed by atoms with Gasteiger partial charge in [0.15, 0.2) is 0 Å². The summed E-state index contributed by atoms with van der Waals surface area (Å²) in [5.41, 5.74) is 4.77. The summed E-state index contributed by atoms with van der Waals surface area (Å²) in [5.74, 6) is 0. The number of benzene rings is 2. The van der Waals surface area contributed by atoms with Crippen molar-refractivity contribution in [1.82, 2.24) is 9.56 Å². The lowest BCUT2D eigenvalue weighted by Gasteiger charge is -2.22. The third-order valence-electron chi connectivity index (χ3n) is 4.90. The second-order valence-electron chi connectivity index (χ2n) is 6.32. The summed E-state index contributed by atoms with van der Waals surface area (Å²) in [7, 11) is 0. The molecule has 5 heteroatoms.